The second kappa shape index (κ2) is 10.2. The highest BCUT2D eigenvalue weighted by Gasteiger charge is 2.31. The average molecular weight is 433 g/mol. The summed E-state index contributed by atoms with van der Waals surface area (Å²) in [5, 5.41) is 0. The molecule has 1 aliphatic carbocycles. The molecule has 1 heteroatoms. The zero-order chi connectivity index (χ0) is 22.5. The van der Waals surface area contributed by atoms with Gasteiger partial charge in [-0.25, -0.2) is 0 Å². The molecular weight excluding hydrogens is 398 g/mol. The van der Waals surface area contributed by atoms with E-state index in [9.17, 15) is 0 Å². The van der Waals surface area contributed by atoms with E-state index in [1.54, 1.807) is 0 Å². The van der Waals surface area contributed by atoms with Gasteiger partial charge in [-0.2, -0.15) is 4.57 Å². The number of rotatable bonds is 8. The summed E-state index contributed by atoms with van der Waals surface area (Å²) in [6, 6.07) is 33.5. The van der Waals surface area contributed by atoms with Crippen molar-refractivity contribution in [1.82, 2.24) is 0 Å². The largest absolute Gasteiger partial charge is 0.217 e. The molecule has 3 aromatic carbocycles. The summed E-state index contributed by atoms with van der Waals surface area (Å²) in [4.78, 5) is 0. The number of aryl methyl sites for hydroxylation is 1. The van der Waals surface area contributed by atoms with Crippen LogP contribution in [0.1, 0.15) is 50.2 Å². The summed E-state index contributed by atoms with van der Waals surface area (Å²) < 4.78 is 2.64. The number of unbranched alkanes of at least 4 members (excludes halogenated alkanes) is 4. The molecule has 5 rings (SSSR count). The van der Waals surface area contributed by atoms with Gasteiger partial charge in [0, 0.05) is 29.2 Å². The molecule has 0 atom stereocenters. The van der Waals surface area contributed by atoms with Gasteiger partial charge >= 0.3 is 0 Å². The van der Waals surface area contributed by atoms with Crippen molar-refractivity contribution in [3.05, 3.63) is 102 Å². The maximum atomic E-state index is 2.64. The van der Waals surface area contributed by atoms with Crippen molar-refractivity contribution >= 4 is 0 Å². The first kappa shape index (κ1) is 21.6. The van der Waals surface area contributed by atoms with E-state index in [0.29, 0.717) is 0 Å². The Morgan fingerprint density at radius 2 is 1.30 bits per heavy atom. The van der Waals surface area contributed by atoms with Crippen molar-refractivity contribution < 1.29 is 4.57 Å². The van der Waals surface area contributed by atoms with Crippen LogP contribution in [0.15, 0.2) is 91.0 Å². The number of hydrogen-bond acceptors (Lipinski definition) is 0. The van der Waals surface area contributed by atoms with Crippen LogP contribution in [-0.4, -0.2) is 0 Å². The van der Waals surface area contributed by atoms with E-state index in [-0.39, 0.29) is 0 Å². The van der Waals surface area contributed by atoms with Gasteiger partial charge in [0.2, 0.25) is 11.4 Å². The Morgan fingerprint density at radius 3 is 2.06 bits per heavy atom. The first-order chi connectivity index (χ1) is 16.4. The molecule has 0 fully saturated rings. The Labute approximate surface area is 198 Å². The molecule has 0 aliphatic heterocycles. The van der Waals surface area contributed by atoms with Crippen molar-refractivity contribution in [1.29, 1.82) is 0 Å². The molecule has 0 unspecified atom stereocenters. The molecular formula is C32H34N+. The van der Waals surface area contributed by atoms with Gasteiger partial charge in [-0.3, -0.25) is 0 Å². The minimum Gasteiger partial charge on any atom is -0.191 e. The highest BCUT2D eigenvalue weighted by atomic mass is 15.0. The van der Waals surface area contributed by atoms with Gasteiger partial charge in [0.1, 0.15) is 6.54 Å². The molecule has 0 N–H and O–H groups in total. The fraction of sp³-hybridized carbons (Fsp3) is 0.281. The van der Waals surface area contributed by atoms with Gasteiger partial charge < -0.3 is 0 Å². The van der Waals surface area contributed by atoms with Crippen molar-refractivity contribution in [2.75, 3.05) is 0 Å². The number of nitrogens with zero attached hydrogens (tertiary/aromatic N) is 1. The zero-order valence-electron chi connectivity index (χ0n) is 19.8. The average Bonchev–Trinajstić information content (AvgIpc) is 2.89. The topological polar surface area (TPSA) is 3.88 Å². The minimum absolute atomic E-state index is 1.07. The van der Waals surface area contributed by atoms with Crippen molar-refractivity contribution in [2.24, 2.45) is 0 Å². The van der Waals surface area contributed by atoms with E-state index in [1.807, 2.05) is 0 Å². The number of fused-ring (bicyclic) bond motifs is 3. The van der Waals surface area contributed by atoms with Crippen LogP contribution >= 0.6 is 0 Å². The third kappa shape index (κ3) is 4.50. The third-order valence-corrected chi connectivity index (χ3v) is 7.01. The van der Waals surface area contributed by atoms with E-state index in [2.05, 4.69) is 102 Å². The van der Waals surface area contributed by atoms with Gasteiger partial charge in [-0.15, -0.1) is 0 Å². The van der Waals surface area contributed by atoms with Crippen LogP contribution < -0.4 is 4.57 Å². The number of aromatic nitrogens is 1. The number of hydrogen-bond donors (Lipinski definition) is 0. The lowest BCUT2D eigenvalue weighted by molar-refractivity contribution is -0.676. The monoisotopic (exact) mass is 432 g/mol. The molecule has 0 radical (unpaired) electrons. The summed E-state index contributed by atoms with van der Waals surface area (Å²) in [6.07, 6.45) is 8.70. The van der Waals surface area contributed by atoms with E-state index in [0.717, 1.165) is 19.4 Å². The lowest BCUT2D eigenvalue weighted by atomic mass is 9.83. The van der Waals surface area contributed by atoms with Crippen LogP contribution in [0.2, 0.25) is 0 Å². The van der Waals surface area contributed by atoms with E-state index < -0.39 is 0 Å². The van der Waals surface area contributed by atoms with Crippen molar-refractivity contribution in [3.8, 4) is 33.6 Å². The van der Waals surface area contributed by atoms with Crippen molar-refractivity contribution in [3.63, 3.8) is 0 Å². The molecule has 0 bridgehead atoms. The Kier molecular flexibility index (Phi) is 6.67. The fourth-order valence-electron chi connectivity index (χ4n) is 5.33. The minimum atomic E-state index is 1.07. The normalized spacial score (nSPS) is 12.3. The number of benzene rings is 3. The van der Waals surface area contributed by atoms with Crippen LogP contribution in [-0.2, 0) is 19.4 Å². The van der Waals surface area contributed by atoms with E-state index >= 15 is 0 Å². The van der Waals surface area contributed by atoms with Crippen LogP contribution in [0.3, 0.4) is 0 Å². The second-order valence-corrected chi connectivity index (χ2v) is 9.23. The molecule has 0 spiro atoms. The molecule has 1 aromatic heterocycles. The lowest BCUT2D eigenvalue weighted by Crippen LogP contribution is -2.41. The van der Waals surface area contributed by atoms with Gasteiger partial charge in [-0.05, 0) is 54.2 Å². The molecule has 1 nitrogen and oxygen atoms in total. The Balaban J connectivity index is 1.73. The standard InChI is InChI=1S/C32H34N/c1-2-3-4-5-14-23-33-31(27-18-10-7-11-19-27)24-30(25-15-8-6-9-16-25)29-22-21-26-17-12-13-20-28(26)32(29)33/h6-13,15-20,24H,2-5,14,21-23H2,1H3/q+1. The summed E-state index contributed by atoms with van der Waals surface area (Å²) in [5.74, 6) is 0. The molecule has 0 saturated carbocycles. The molecule has 166 valence electrons. The summed E-state index contributed by atoms with van der Waals surface area (Å²) in [6.45, 7) is 3.36. The molecule has 1 aliphatic rings. The smallest absolute Gasteiger partial charge is 0.191 e. The van der Waals surface area contributed by atoms with Crippen LogP contribution in [0.25, 0.3) is 33.6 Å². The molecule has 33 heavy (non-hydrogen) atoms. The van der Waals surface area contributed by atoms with Crippen molar-refractivity contribution in [2.45, 2.75) is 58.4 Å². The van der Waals surface area contributed by atoms with Gasteiger partial charge in [0.25, 0.3) is 0 Å². The first-order valence-electron chi connectivity index (χ1n) is 12.7. The number of pyridine rings is 1. The molecule has 4 aromatic rings. The SMILES string of the molecule is CCCCCCC[n+]1c(-c2ccccc2)cc(-c2ccccc2)c2c1-c1ccccc1CC2. The van der Waals surface area contributed by atoms with Gasteiger partial charge in [0.05, 0.1) is 0 Å². The predicted octanol–water partition coefficient (Wildman–Crippen LogP) is 8.04. The van der Waals surface area contributed by atoms with Gasteiger partial charge in [0.15, 0.2) is 0 Å². The Bertz CT molecular complexity index is 1210. The zero-order valence-corrected chi connectivity index (χ0v) is 19.8. The summed E-state index contributed by atoms with van der Waals surface area (Å²) in [7, 11) is 0. The maximum Gasteiger partial charge on any atom is 0.217 e. The summed E-state index contributed by atoms with van der Waals surface area (Å²) in [5.41, 5.74) is 11.2. The van der Waals surface area contributed by atoms with Crippen LogP contribution in [0.5, 0.6) is 0 Å². The van der Waals surface area contributed by atoms with Crippen LogP contribution in [0, 0.1) is 0 Å². The molecule has 1 heterocycles. The van der Waals surface area contributed by atoms with Gasteiger partial charge in [-0.1, -0.05) is 92.9 Å². The molecule has 0 saturated heterocycles. The third-order valence-electron chi connectivity index (χ3n) is 7.01. The summed E-state index contributed by atoms with van der Waals surface area (Å²) >= 11 is 0. The van der Waals surface area contributed by atoms with Crippen LogP contribution in [0.4, 0.5) is 0 Å². The Morgan fingerprint density at radius 1 is 0.636 bits per heavy atom. The lowest BCUT2D eigenvalue weighted by Gasteiger charge is -2.23. The predicted molar refractivity (Wildman–Crippen MR) is 139 cm³/mol. The first-order valence-corrected chi connectivity index (χ1v) is 12.7. The fourth-order valence-corrected chi connectivity index (χ4v) is 5.33. The van der Waals surface area contributed by atoms with E-state index in [4.69, 9.17) is 0 Å². The highest BCUT2D eigenvalue weighted by Crippen LogP contribution is 2.39. The Hall–Kier alpha value is -3.19. The highest BCUT2D eigenvalue weighted by molar-refractivity contribution is 5.80. The second-order valence-electron chi connectivity index (χ2n) is 9.23. The molecule has 0 amide bonds. The quantitative estimate of drug-likeness (QED) is 0.196. The maximum absolute atomic E-state index is 2.64. The van der Waals surface area contributed by atoms with E-state index in [1.165, 1.54) is 76.9 Å².